The Kier molecular flexibility index (Phi) is 6.84. The summed E-state index contributed by atoms with van der Waals surface area (Å²) in [5.74, 6) is -0.618. The van der Waals surface area contributed by atoms with Gasteiger partial charge in [0.2, 0.25) is 10.0 Å². The van der Waals surface area contributed by atoms with Crippen LogP contribution >= 0.6 is 0 Å². The highest BCUT2D eigenvalue weighted by atomic mass is 32.2. The van der Waals surface area contributed by atoms with Crippen molar-refractivity contribution in [2.45, 2.75) is 39.3 Å². The molecule has 31 heavy (non-hydrogen) atoms. The summed E-state index contributed by atoms with van der Waals surface area (Å²) in [7, 11) is -3.60. The molecule has 0 unspecified atom stereocenters. The normalized spacial score (nSPS) is 16.6. The maximum atomic E-state index is 13.0. The third-order valence-corrected chi connectivity index (χ3v) is 6.89. The Morgan fingerprint density at radius 3 is 2.52 bits per heavy atom. The van der Waals surface area contributed by atoms with Crippen LogP contribution in [0, 0.1) is 0 Å². The quantitative estimate of drug-likeness (QED) is 0.682. The van der Waals surface area contributed by atoms with Gasteiger partial charge in [0, 0.05) is 6.04 Å². The number of amides is 2. The molecule has 0 bridgehead atoms. The summed E-state index contributed by atoms with van der Waals surface area (Å²) >= 11 is 0. The van der Waals surface area contributed by atoms with Crippen molar-refractivity contribution in [3.8, 4) is 5.75 Å². The van der Waals surface area contributed by atoms with Gasteiger partial charge in [0.05, 0.1) is 29.2 Å². The molecule has 0 saturated heterocycles. The first-order chi connectivity index (χ1) is 14.8. The van der Waals surface area contributed by atoms with Crippen molar-refractivity contribution in [2.24, 2.45) is 0 Å². The number of fused-ring (bicyclic) bond motifs is 1. The largest absolute Gasteiger partial charge is 0.476 e. The zero-order valence-corrected chi connectivity index (χ0v) is 18.6. The molecule has 166 valence electrons. The second-order valence-corrected chi connectivity index (χ2v) is 9.51. The summed E-state index contributed by atoms with van der Waals surface area (Å²) in [6, 6.07) is 13.4. The predicted molar refractivity (Wildman–Crippen MR) is 120 cm³/mol. The minimum atomic E-state index is -3.60. The SMILES string of the molecule is CC[C@@H](C)NC(=O)c1ccccc1NC(=O)[C@H]1CN(S(=O)(=O)CC)c2ccccc2O1. The van der Waals surface area contributed by atoms with E-state index >= 15 is 0 Å². The number of anilines is 2. The van der Waals surface area contributed by atoms with Gasteiger partial charge in [-0.05, 0) is 44.5 Å². The number of benzene rings is 2. The van der Waals surface area contributed by atoms with Gasteiger partial charge in [0.1, 0.15) is 5.75 Å². The number of nitrogens with one attached hydrogen (secondary N) is 2. The van der Waals surface area contributed by atoms with Crippen LogP contribution in [-0.4, -0.2) is 44.7 Å². The van der Waals surface area contributed by atoms with E-state index in [2.05, 4.69) is 10.6 Å². The molecule has 1 aliphatic heterocycles. The lowest BCUT2D eigenvalue weighted by atomic mass is 10.1. The van der Waals surface area contributed by atoms with Crippen molar-refractivity contribution < 1.29 is 22.7 Å². The highest BCUT2D eigenvalue weighted by Gasteiger charge is 2.36. The van der Waals surface area contributed by atoms with E-state index in [0.29, 0.717) is 22.7 Å². The highest BCUT2D eigenvalue weighted by Crippen LogP contribution is 2.35. The molecule has 2 aromatic rings. The minimum absolute atomic E-state index is 0.0118. The Balaban J connectivity index is 1.84. The van der Waals surface area contributed by atoms with E-state index in [9.17, 15) is 18.0 Å². The molecule has 1 heterocycles. The van der Waals surface area contributed by atoms with E-state index in [0.717, 1.165) is 6.42 Å². The molecular formula is C22H27N3O5S. The Bertz CT molecular complexity index is 1070. The van der Waals surface area contributed by atoms with Crippen LogP contribution in [0.4, 0.5) is 11.4 Å². The molecule has 2 amide bonds. The van der Waals surface area contributed by atoms with Crippen LogP contribution in [0.5, 0.6) is 5.75 Å². The molecule has 0 saturated carbocycles. The average Bonchev–Trinajstić information content (AvgIpc) is 2.78. The molecule has 0 radical (unpaired) electrons. The zero-order chi connectivity index (χ0) is 22.6. The van der Waals surface area contributed by atoms with Crippen molar-refractivity contribution in [2.75, 3.05) is 21.9 Å². The van der Waals surface area contributed by atoms with Crippen molar-refractivity contribution >= 4 is 33.2 Å². The van der Waals surface area contributed by atoms with Gasteiger partial charge < -0.3 is 15.4 Å². The summed E-state index contributed by atoms with van der Waals surface area (Å²) in [4.78, 5) is 25.6. The number of para-hydroxylation sites is 3. The van der Waals surface area contributed by atoms with Gasteiger partial charge in [0.25, 0.3) is 11.8 Å². The first-order valence-corrected chi connectivity index (χ1v) is 11.8. The number of hydrogen-bond donors (Lipinski definition) is 2. The molecule has 0 aromatic heterocycles. The Hall–Kier alpha value is -3.07. The van der Waals surface area contributed by atoms with Crippen molar-refractivity contribution in [1.82, 2.24) is 5.32 Å². The predicted octanol–water partition coefficient (Wildman–Crippen LogP) is 2.77. The molecule has 0 fully saturated rings. The van der Waals surface area contributed by atoms with E-state index < -0.39 is 22.0 Å². The number of rotatable bonds is 7. The smallest absolute Gasteiger partial charge is 0.267 e. The number of hydrogen-bond acceptors (Lipinski definition) is 5. The van der Waals surface area contributed by atoms with Crippen LogP contribution in [0.3, 0.4) is 0 Å². The average molecular weight is 446 g/mol. The zero-order valence-electron chi connectivity index (χ0n) is 17.8. The van der Waals surface area contributed by atoms with Gasteiger partial charge in [-0.1, -0.05) is 31.2 Å². The lowest BCUT2D eigenvalue weighted by molar-refractivity contribution is -0.122. The van der Waals surface area contributed by atoms with Gasteiger partial charge in [-0.15, -0.1) is 0 Å². The fraction of sp³-hybridized carbons (Fsp3) is 0.364. The first kappa shape index (κ1) is 22.6. The number of ether oxygens (including phenoxy) is 1. The van der Waals surface area contributed by atoms with Crippen LogP contribution in [0.2, 0.25) is 0 Å². The van der Waals surface area contributed by atoms with Crippen molar-refractivity contribution in [3.63, 3.8) is 0 Å². The van der Waals surface area contributed by atoms with Crippen LogP contribution in [0.15, 0.2) is 48.5 Å². The maximum absolute atomic E-state index is 13.0. The minimum Gasteiger partial charge on any atom is -0.476 e. The number of carbonyl (C=O) groups is 2. The summed E-state index contributed by atoms with van der Waals surface area (Å²) < 4.78 is 32.2. The summed E-state index contributed by atoms with van der Waals surface area (Å²) in [5.41, 5.74) is 1.06. The van der Waals surface area contributed by atoms with E-state index in [1.165, 1.54) is 4.31 Å². The van der Waals surface area contributed by atoms with Crippen LogP contribution in [-0.2, 0) is 14.8 Å². The third kappa shape index (κ3) is 4.99. The van der Waals surface area contributed by atoms with Gasteiger partial charge in [-0.3, -0.25) is 13.9 Å². The molecule has 9 heteroatoms. The third-order valence-electron chi connectivity index (χ3n) is 5.15. The van der Waals surface area contributed by atoms with Crippen molar-refractivity contribution in [3.05, 3.63) is 54.1 Å². The summed E-state index contributed by atoms with van der Waals surface area (Å²) in [6.45, 7) is 5.26. The second kappa shape index (κ2) is 9.38. The fourth-order valence-electron chi connectivity index (χ4n) is 3.16. The van der Waals surface area contributed by atoms with Gasteiger partial charge >= 0.3 is 0 Å². The molecule has 0 aliphatic carbocycles. The first-order valence-electron chi connectivity index (χ1n) is 10.2. The number of nitrogens with zero attached hydrogens (tertiary/aromatic N) is 1. The fourth-order valence-corrected chi connectivity index (χ4v) is 4.29. The van der Waals surface area contributed by atoms with E-state index in [1.807, 2.05) is 13.8 Å². The Morgan fingerprint density at radius 2 is 1.81 bits per heavy atom. The number of sulfonamides is 1. The molecule has 1 aliphatic rings. The Labute approximate surface area is 182 Å². The monoisotopic (exact) mass is 445 g/mol. The molecule has 2 N–H and O–H groups in total. The molecule has 2 atom stereocenters. The maximum Gasteiger partial charge on any atom is 0.267 e. The van der Waals surface area contributed by atoms with E-state index in [4.69, 9.17) is 4.74 Å². The molecule has 8 nitrogen and oxygen atoms in total. The van der Waals surface area contributed by atoms with E-state index in [-0.39, 0.29) is 24.2 Å². The van der Waals surface area contributed by atoms with Gasteiger partial charge in [0.15, 0.2) is 6.10 Å². The second-order valence-electron chi connectivity index (χ2n) is 7.32. The van der Waals surface area contributed by atoms with Crippen molar-refractivity contribution in [1.29, 1.82) is 0 Å². The van der Waals surface area contributed by atoms with Gasteiger partial charge in [-0.25, -0.2) is 8.42 Å². The van der Waals surface area contributed by atoms with Gasteiger partial charge in [-0.2, -0.15) is 0 Å². The highest BCUT2D eigenvalue weighted by molar-refractivity contribution is 7.92. The van der Waals surface area contributed by atoms with Crippen LogP contribution in [0.1, 0.15) is 37.6 Å². The number of carbonyl (C=O) groups excluding carboxylic acids is 2. The summed E-state index contributed by atoms with van der Waals surface area (Å²) in [6.07, 6.45) is -0.293. The standard InChI is InChI=1S/C22H27N3O5S/c1-4-15(3)23-21(26)16-10-6-7-11-17(16)24-22(27)20-14-25(31(28,29)5-2)18-12-8-9-13-19(18)30-20/h6-13,15,20H,4-5,14H2,1-3H3,(H,23,26)(H,24,27)/t15-,20-/m1/s1. The molecule has 0 spiro atoms. The molecular weight excluding hydrogens is 418 g/mol. The van der Waals surface area contributed by atoms with Crippen LogP contribution in [0.25, 0.3) is 0 Å². The molecule has 3 rings (SSSR count). The molecule has 2 aromatic carbocycles. The summed E-state index contributed by atoms with van der Waals surface area (Å²) in [5, 5.41) is 5.60. The lowest BCUT2D eigenvalue weighted by Gasteiger charge is -2.34. The topological polar surface area (TPSA) is 105 Å². The Morgan fingerprint density at radius 1 is 1.13 bits per heavy atom. The lowest BCUT2D eigenvalue weighted by Crippen LogP contribution is -2.49. The van der Waals surface area contributed by atoms with E-state index in [1.54, 1.807) is 55.5 Å². The van der Waals surface area contributed by atoms with Crippen LogP contribution < -0.4 is 19.7 Å².